The molecule has 13 heavy (non-hydrogen) atoms. The molecule has 2 fully saturated rings. The molecule has 0 aliphatic heterocycles. The van der Waals surface area contributed by atoms with Gasteiger partial charge in [0.05, 0.1) is 5.60 Å². The molecule has 2 aliphatic carbocycles. The van der Waals surface area contributed by atoms with Crippen LogP contribution in [0.4, 0.5) is 0 Å². The van der Waals surface area contributed by atoms with Gasteiger partial charge >= 0.3 is 0 Å². The second-order valence-electron chi connectivity index (χ2n) is 4.69. The highest BCUT2D eigenvalue weighted by atomic mass is 16.5. The van der Waals surface area contributed by atoms with Gasteiger partial charge in [-0.25, -0.2) is 0 Å². The van der Waals surface area contributed by atoms with E-state index in [4.69, 9.17) is 10.5 Å². The van der Waals surface area contributed by atoms with Crippen molar-refractivity contribution in [1.82, 2.24) is 0 Å². The van der Waals surface area contributed by atoms with Crippen LogP contribution in [0.25, 0.3) is 0 Å². The Morgan fingerprint density at radius 2 is 1.85 bits per heavy atom. The van der Waals surface area contributed by atoms with Crippen LogP contribution >= 0.6 is 0 Å². The smallest absolute Gasteiger partial charge is 0.0831 e. The van der Waals surface area contributed by atoms with Crippen molar-refractivity contribution in [2.75, 3.05) is 7.11 Å². The number of nitrogens with two attached hydrogens (primary N) is 1. The molecular weight excluding hydrogens is 162 g/mol. The lowest BCUT2D eigenvalue weighted by Crippen LogP contribution is -2.53. The minimum absolute atomic E-state index is 0.0467. The first-order valence-corrected chi connectivity index (χ1v) is 5.59. The van der Waals surface area contributed by atoms with E-state index in [1.165, 1.54) is 44.9 Å². The molecule has 0 aromatic carbocycles. The molecule has 76 valence electrons. The normalized spacial score (nSPS) is 30.0. The summed E-state index contributed by atoms with van der Waals surface area (Å²) in [6.07, 6.45) is 8.99. The van der Waals surface area contributed by atoms with Crippen LogP contribution in [0.15, 0.2) is 0 Å². The number of ether oxygens (including phenoxy) is 1. The summed E-state index contributed by atoms with van der Waals surface area (Å²) in [6.45, 7) is 0. The highest BCUT2D eigenvalue weighted by Gasteiger charge is 2.44. The molecule has 2 nitrogen and oxygen atoms in total. The Labute approximate surface area is 80.8 Å². The molecule has 1 unspecified atom stereocenters. The van der Waals surface area contributed by atoms with Gasteiger partial charge in [-0.3, -0.25) is 0 Å². The van der Waals surface area contributed by atoms with Gasteiger partial charge in [0.15, 0.2) is 0 Å². The fraction of sp³-hybridized carbons (Fsp3) is 1.00. The summed E-state index contributed by atoms with van der Waals surface area (Å²) in [5, 5.41) is 0. The summed E-state index contributed by atoms with van der Waals surface area (Å²) in [7, 11) is 1.84. The van der Waals surface area contributed by atoms with E-state index in [1.807, 2.05) is 7.11 Å². The second-order valence-corrected chi connectivity index (χ2v) is 4.69. The summed E-state index contributed by atoms with van der Waals surface area (Å²) in [5.41, 5.74) is 6.35. The minimum atomic E-state index is 0.0467. The Hall–Kier alpha value is -0.0800. The van der Waals surface area contributed by atoms with Crippen molar-refractivity contribution in [2.45, 2.75) is 56.6 Å². The summed E-state index contributed by atoms with van der Waals surface area (Å²) in [6, 6.07) is 0.300. The van der Waals surface area contributed by atoms with Crippen LogP contribution in [0.1, 0.15) is 44.9 Å². The van der Waals surface area contributed by atoms with Gasteiger partial charge in [0.1, 0.15) is 0 Å². The predicted octanol–water partition coefficient (Wildman–Crippen LogP) is 2.07. The van der Waals surface area contributed by atoms with E-state index in [-0.39, 0.29) is 5.60 Å². The van der Waals surface area contributed by atoms with Crippen LogP contribution in [-0.4, -0.2) is 18.8 Å². The van der Waals surface area contributed by atoms with Gasteiger partial charge in [-0.2, -0.15) is 0 Å². The Kier molecular flexibility index (Phi) is 2.61. The van der Waals surface area contributed by atoms with Crippen LogP contribution < -0.4 is 5.73 Å². The van der Waals surface area contributed by atoms with Crippen LogP contribution in [0.5, 0.6) is 0 Å². The van der Waals surface area contributed by atoms with Crippen molar-refractivity contribution in [2.24, 2.45) is 11.7 Å². The molecule has 0 spiro atoms. The fourth-order valence-corrected chi connectivity index (χ4v) is 2.88. The van der Waals surface area contributed by atoms with Gasteiger partial charge in [0.2, 0.25) is 0 Å². The van der Waals surface area contributed by atoms with Gasteiger partial charge in [-0.05, 0) is 31.6 Å². The first kappa shape index (κ1) is 9.47. The third-order valence-electron chi connectivity index (χ3n) is 4.12. The lowest BCUT2D eigenvalue weighted by atomic mass is 9.73. The summed E-state index contributed by atoms with van der Waals surface area (Å²) in [4.78, 5) is 0. The first-order chi connectivity index (χ1) is 6.28. The standard InChI is InChI=1S/C11H21NO/c1-13-11(7-2-3-8-11)10(12)9-5-4-6-9/h9-10H,2-8,12H2,1H3. The lowest BCUT2D eigenvalue weighted by molar-refractivity contribution is -0.0502. The highest BCUT2D eigenvalue weighted by Crippen LogP contribution is 2.42. The Morgan fingerprint density at radius 3 is 2.23 bits per heavy atom. The van der Waals surface area contributed by atoms with Gasteiger partial charge in [0, 0.05) is 13.2 Å². The van der Waals surface area contributed by atoms with Crippen molar-refractivity contribution < 1.29 is 4.74 Å². The van der Waals surface area contributed by atoms with Gasteiger partial charge in [-0.15, -0.1) is 0 Å². The Morgan fingerprint density at radius 1 is 1.23 bits per heavy atom. The topological polar surface area (TPSA) is 35.2 Å². The quantitative estimate of drug-likeness (QED) is 0.727. The SMILES string of the molecule is COC1(C(N)C2CCC2)CCCC1. The number of hydrogen-bond donors (Lipinski definition) is 1. The Balaban J connectivity index is 2.01. The second kappa shape index (κ2) is 3.58. The van der Waals surface area contributed by atoms with E-state index in [1.54, 1.807) is 0 Å². The lowest BCUT2D eigenvalue weighted by Gasteiger charge is -2.42. The van der Waals surface area contributed by atoms with E-state index >= 15 is 0 Å². The van der Waals surface area contributed by atoms with E-state index in [0.717, 1.165) is 5.92 Å². The van der Waals surface area contributed by atoms with E-state index < -0.39 is 0 Å². The van der Waals surface area contributed by atoms with E-state index in [0.29, 0.717) is 6.04 Å². The maximum Gasteiger partial charge on any atom is 0.0831 e. The summed E-state index contributed by atoms with van der Waals surface area (Å²) in [5.74, 6) is 0.748. The molecule has 0 amide bonds. The van der Waals surface area contributed by atoms with Crippen molar-refractivity contribution in [3.63, 3.8) is 0 Å². The molecule has 0 heterocycles. The molecular formula is C11H21NO. The predicted molar refractivity (Wildman–Crippen MR) is 53.5 cm³/mol. The molecule has 2 N–H and O–H groups in total. The Bertz CT molecular complexity index is 171. The molecule has 1 atom stereocenters. The van der Waals surface area contributed by atoms with Crippen LogP contribution in [-0.2, 0) is 4.74 Å². The summed E-state index contributed by atoms with van der Waals surface area (Å²) >= 11 is 0. The summed E-state index contributed by atoms with van der Waals surface area (Å²) < 4.78 is 5.69. The molecule has 0 aromatic heterocycles. The molecule has 2 saturated carbocycles. The average Bonchev–Trinajstić information content (AvgIpc) is 2.49. The van der Waals surface area contributed by atoms with Gasteiger partial charge in [-0.1, -0.05) is 19.3 Å². The molecule has 0 saturated heterocycles. The molecule has 2 aliphatic rings. The number of hydrogen-bond acceptors (Lipinski definition) is 2. The maximum absolute atomic E-state index is 6.30. The van der Waals surface area contributed by atoms with Crippen molar-refractivity contribution in [3.05, 3.63) is 0 Å². The average molecular weight is 183 g/mol. The molecule has 0 aromatic rings. The van der Waals surface area contributed by atoms with Crippen LogP contribution in [0.2, 0.25) is 0 Å². The fourth-order valence-electron chi connectivity index (χ4n) is 2.88. The van der Waals surface area contributed by atoms with Gasteiger partial charge < -0.3 is 10.5 Å². The van der Waals surface area contributed by atoms with E-state index in [9.17, 15) is 0 Å². The highest BCUT2D eigenvalue weighted by molar-refractivity contribution is 5.00. The van der Waals surface area contributed by atoms with Crippen molar-refractivity contribution in [1.29, 1.82) is 0 Å². The zero-order valence-corrected chi connectivity index (χ0v) is 8.59. The van der Waals surface area contributed by atoms with Gasteiger partial charge in [0.25, 0.3) is 0 Å². The molecule has 0 bridgehead atoms. The minimum Gasteiger partial charge on any atom is -0.377 e. The third kappa shape index (κ3) is 1.50. The number of methoxy groups -OCH3 is 1. The molecule has 2 heteroatoms. The first-order valence-electron chi connectivity index (χ1n) is 5.59. The largest absolute Gasteiger partial charge is 0.377 e. The van der Waals surface area contributed by atoms with Crippen molar-refractivity contribution in [3.8, 4) is 0 Å². The molecule has 0 radical (unpaired) electrons. The third-order valence-corrected chi connectivity index (χ3v) is 4.12. The van der Waals surface area contributed by atoms with Crippen molar-refractivity contribution >= 4 is 0 Å². The number of rotatable bonds is 3. The molecule has 2 rings (SSSR count). The monoisotopic (exact) mass is 183 g/mol. The van der Waals surface area contributed by atoms with Crippen LogP contribution in [0, 0.1) is 5.92 Å². The zero-order chi connectivity index (χ0) is 9.31. The van der Waals surface area contributed by atoms with E-state index in [2.05, 4.69) is 0 Å². The zero-order valence-electron chi connectivity index (χ0n) is 8.59. The maximum atomic E-state index is 6.30. The van der Waals surface area contributed by atoms with Crippen LogP contribution in [0.3, 0.4) is 0 Å².